The Kier molecular flexibility index (Phi) is 2.40. The minimum absolute atomic E-state index is 0.121. The molecule has 1 saturated heterocycles. The molecule has 1 heterocycles. The van der Waals surface area contributed by atoms with Gasteiger partial charge in [0.25, 0.3) is 0 Å². The Morgan fingerprint density at radius 1 is 1.54 bits per heavy atom. The van der Waals surface area contributed by atoms with Gasteiger partial charge in [-0.05, 0) is 19.8 Å². The summed E-state index contributed by atoms with van der Waals surface area (Å²) in [5, 5.41) is 6.32. The summed E-state index contributed by atoms with van der Waals surface area (Å²) in [6, 6.07) is 1.02. The van der Waals surface area contributed by atoms with Crippen molar-refractivity contribution in [2.45, 2.75) is 31.8 Å². The molecule has 2 amide bonds. The zero-order chi connectivity index (χ0) is 9.26. The molecule has 0 bridgehead atoms. The van der Waals surface area contributed by atoms with Crippen molar-refractivity contribution < 1.29 is 4.79 Å². The summed E-state index contributed by atoms with van der Waals surface area (Å²) >= 11 is 0. The van der Waals surface area contributed by atoms with E-state index in [2.05, 4.69) is 17.6 Å². The van der Waals surface area contributed by atoms with Crippen molar-refractivity contribution in [2.24, 2.45) is 0 Å². The monoisotopic (exact) mass is 183 g/mol. The molecule has 4 nitrogen and oxygen atoms in total. The Balaban J connectivity index is 1.80. The molecule has 1 aliphatic carbocycles. The van der Waals surface area contributed by atoms with E-state index in [1.807, 2.05) is 4.90 Å². The van der Waals surface area contributed by atoms with Crippen LogP contribution in [0.4, 0.5) is 4.79 Å². The molecule has 13 heavy (non-hydrogen) atoms. The van der Waals surface area contributed by atoms with Crippen LogP contribution in [0.1, 0.15) is 19.8 Å². The molecule has 2 aliphatic rings. The molecule has 4 heteroatoms. The van der Waals surface area contributed by atoms with Crippen LogP contribution in [-0.4, -0.2) is 42.6 Å². The molecule has 1 saturated carbocycles. The molecule has 0 radical (unpaired) electrons. The maximum absolute atomic E-state index is 11.6. The number of carbonyl (C=O) groups is 1. The van der Waals surface area contributed by atoms with Crippen molar-refractivity contribution in [3.8, 4) is 0 Å². The highest BCUT2D eigenvalue weighted by Crippen LogP contribution is 2.19. The molecule has 0 aromatic carbocycles. The molecule has 0 unspecified atom stereocenters. The van der Waals surface area contributed by atoms with E-state index >= 15 is 0 Å². The Labute approximate surface area is 78.7 Å². The summed E-state index contributed by atoms with van der Waals surface area (Å²) in [5.41, 5.74) is 0. The van der Waals surface area contributed by atoms with Gasteiger partial charge in [0.05, 0.1) is 0 Å². The number of carbonyl (C=O) groups excluding carboxylic acids is 1. The van der Waals surface area contributed by atoms with Crippen LogP contribution in [0.5, 0.6) is 0 Å². The van der Waals surface area contributed by atoms with E-state index in [0.29, 0.717) is 12.1 Å². The third-order valence-corrected chi connectivity index (χ3v) is 2.56. The van der Waals surface area contributed by atoms with Gasteiger partial charge in [0.2, 0.25) is 0 Å². The zero-order valence-corrected chi connectivity index (χ0v) is 8.05. The molecular weight excluding hydrogens is 166 g/mol. The van der Waals surface area contributed by atoms with Gasteiger partial charge >= 0.3 is 6.03 Å². The highest BCUT2D eigenvalue weighted by Gasteiger charge is 2.27. The van der Waals surface area contributed by atoms with Crippen LogP contribution in [0.2, 0.25) is 0 Å². The summed E-state index contributed by atoms with van der Waals surface area (Å²) < 4.78 is 0. The molecule has 2 fully saturated rings. The molecule has 74 valence electrons. The molecular formula is C9H17N3O. The van der Waals surface area contributed by atoms with Crippen LogP contribution in [0.25, 0.3) is 0 Å². The maximum Gasteiger partial charge on any atom is 0.317 e. The van der Waals surface area contributed by atoms with Gasteiger partial charge in [-0.2, -0.15) is 0 Å². The minimum atomic E-state index is 0.121. The van der Waals surface area contributed by atoms with Gasteiger partial charge < -0.3 is 15.5 Å². The number of piperazine rings is 1. The highest BCUT2D eigenvalue weighted by molar-refractivity contribution is 5.75. The second kappa shape index (κ2) is 3.54. The van der Waals surface area contributed by atoms with E-state index in [1.165, 1.54) is 0 Å². The fraction of sp³-hybridized carbons (Fsp3) is 0.889. The summed E-state index contributed by atoms with van der Waals surface area (Å²) in [6.07, 6.45) is 2.32. The molecule has 2 rings (SSSR count). The SMILES string of the molecule is C[C@@H]1CN(C(=O)NC2CC2)CCN1. The van der Waals surface area contributed by atoms with Crippen molar-refractivity contribution >= 4 is 6.03 Å². The van der Waals surface area contributed by atoms with Crippen LogP contribution in [-0.2, 0) is 0 Å². The number of nitrogens with zero attached hydrogens (tertiary/aromatic N) is 1. The molecule has 0 aromatic heterocycles. The smallest absolute Gasteiger partial charge is 0.317 e. The van der Waals surface area contributed by atoms with Crippen molar-refractivity contribution in [3.05, 3.63) is 0 Å². The number of hydrogen-bond donors (Lipinski definition) is 2. The summed E-state index contributed by atoms with van der Waals surface area (Å²) in [7, 11) is 0. The minimum Gasteiger partial charge on any atom is -0.335 e. The van der Waals surface area contributed by atoms with Crippen molar-refractivity contribution in [1.29, 1.82) is 0 Å². The molecule has 0 spiro atoms. The fourth-order valence-electron chi connectivity index (χ4n) is 1.61. The van der Waals surface area contributed by atoms with Gasteiger partial charge in [-0.15, -0.1) is 0 Å². The molecule has 2 N–H and O–H groups in total. The zero-order valence-electron chi connectivity index (χ0n) is 8.05. The Morgan fingerprint density at radius 2 is 2.31 bits per heavy atom. The van der Waals surface area contributed by atoms with E-state index in [9.17, 15) is 4.79 Å². The molecule has 0 aromatic rings. The van der Waals surface area contributed by atoms with E-state index in [0.717, 1.165) is 32.5 Å². The van der Waals surface area contributed by atoms with Crippen LogP contribution >= 0.6 is 0 Å². The number of rotatable bonds is 1. The lowest BCUT2D eigenvalue weighted by atomic mass is 10.2. The number of urea groups is 1. The lowest BCUT2D eigenvalue weighted by molar-refractivity contribution is 0.179. The standard InChI is InChI=1S/C9H17N3O/c1-7-6-12(5-4-10-7)9(13)11-8-2-3-8/h7-8,10H,2-6H2,1H3,(H,11,13)/t7-/m1/s1. The third kappa shape index (κ3) is 2.34. The van der Waals surface area contributed by atoms with Crippen LogP contribution in [0, 0.1) is 0 Å². The predicted octanol–water partition coefficient (Wildman–Crippen LogP) is 0.152. The van der Waals surface area contributed by atoms with E-state index in [1.54, 1.807) is 0 Å². The normalized spacial score (nSPS) is 28.7. The van der Waals surface area contributed by atoms with Gasteiger partial charge in [-0.3, -0.25) is 0 Å². The van der Waals surface area contributed by atoms with E-state index in [-0.39, 0.29) is 6.03 Å². The average molecular weight is 183 g/mol. The van der Waals surface area contributed by atoms with Gasteiger partial charge in [0, 0.05) is 31.7 Å². The highest BCUT2D eigenvalue weighted by atomic mass is 16.2. The Hall–Kier alpha value is -0.770. The number of hydrogen-bond acceptors (Lipinski definition) is 2. The lowest BCUT2D eigenvalue weighted by Crippen LogP contribution is -2.54. The van der Waals surface area contributed by atoms with Crippen molar-refractivity contribution in [3.63, 3.8) is 0 Å². The van der Waals surface area contributed by atoms with Gasteiger partial charge in [-0.25, -0.2) is 4.79 Å². The van der Waals surface area contributed by atoms with Crippen LogP contribution < -0.4 is 10.6 Å². The first-order chi connectivity index (χ1) is 6.25. The first kappa shape index (κ1) is 8.81. The number of nitrogens with one attached hydrogen (secondary N) is 2. The van der Waals surface area contributed by atoms with Gasteiger partial charge in [0.1, 0.15) is 0 Å². The lowest BCUT2D eigenvalue weighted by Gasteiger charge is -2.31. The van der Waals surface area contributed by atoms with E-state index in [4.69, 9.17) is 0 Å². The van der Waals surface area contributed by atoms with Gasteiger partial charge in [-0.1, -0.05) is 0 Å². The predicted molar refractivity (Wildman–Crippen MR) is 50.6 cm³/mol. The average Bonchev–Trinajstić information content (AvgIpc) is 2.88. The quantitative estimate of drug-likeness (QED) is 0.608. The first-order valence-corrected chi connectivity index (χ1v) is 5.04. The maximum atomic E-state index is 11.6. The second-order valence-electron chi connectivity index (χ2n) is 4.02. The van der Waals surface area contributed by atoms with Crippen LogP contribution in [0.15, 0.2) is 0 Å². The van der Waals surface area contributed by atoms with Crippen LogP contribution in [0.3, 0.4) is 0 Å². The first-order valence-electron chi connectivity index (χ1n) is 5.04. The largest absolute Gasteiger partial charge is 0.335 e. The third-order valence-electron chi connectivity index (χ3n) is 2.56. The fourth-order valence-corrected chi connectivity index (χ4v) is 1.61. The molecule has 1 aliphatic heterocycles. The van der Waals surface area contributed by atoms with Gasteiger partial charge in [0.15, 0.2) is 0 Å². The summed E-state index contributed by atoms with van der Waals surface area (Å²) in [4.78, 5) is 13.5. The Morgan fingerprint density at radius 3 is 2.92 bits per heavy atom. The topological polar surface area (TPSA) is 44.4 Å². The van der Waals surface area contributed by atoms with Crippen molar-refractivity contribution in [2.75, 3.05) is 19.6 Å². The molecule has 1 atom stereocenters. The van der Waals surface area contributed by atoms with E-state index < -0.39 is 0 Å². The Bertz CT molecular complexity index is 203. The summed E-state index contributed by atoms with van der Waals surface area (Å²) in [6.45, 7) is 4.69. The van der Waals surface area contributed by atoms with Crippen molar-refractivity contribution in [1.82, 2.24) is 15.5 Å². The second-order valence-corrected chi connectivity index (χ2v) is 4.02. The summed E-state index contributed by atoms with van der Waals surface area (Å²) in [5.74, 6) is 0. The number of amides is 2.